The van der Waals surface area contributed by atoms with Gasteiger partial charge in [0, 0.05) is 49.0 Å². The summed E-state index contributed by atoms with van der Waals surface area (Å²) in [5.41, 5.74) is 4.48. The molecule has 4 aromatic rings. The molecule has 0 radical (unpaired) electrons. The minimum absolute atomic E-state index is 0.156. The Hall–Kier alpha value is -4.76. The summed E-state index contributed by atoms with van der Waals surface area (Å²) in [6, 6.07) is 24.2. The van der Waals surface area contributed by atoms with Crippen molar-refractivity contribution in [1.82, 2.24) is 25.5 Å². The molecule has 3 amide bonds. The minimum atomic E-state index is -0.301. The standard InChI is InChI=1S/C32H35N7O2/c40-31(34-18-21-39-19-5-2-6-20-39)28-15-16-29(38-30(28)36-26-9-3-1-4-10-26)25-11-13-27(14-12-25)37-32(41)35-23-24-8-7-17-33-22-24/h1,3-4,7-17,22H,2,5-6,18-21,23H2,(H,34,40)(H,36,38)(H2,35,37,41). The fourth-order valence-corrected chi connectivity index (χ4v) is 4.75. The molecule has 2 aromatic heterocycles. The van der Waals surface area contributed by atoms with Gasteiger partial charge in [-0.15, -0.1) is 0 Å². The number of aromatic nitrogens is 2. The Kier molecular flexibility index (Phi) is 9.52. The summed E-state index contributed by atoms with van der Waals surface area (Å²) < 4.78 is 0. The van der Waals surface area contributed by atoms with Gasteiger partial charge in [-0.05, 0) is 74.0 Å². The Morgan fingerprint density at radius 1 is 0.805 bits per heavy atom. The zero-order valence-electron chi connectivity index (χ0n) is 23.0. The van der Waals surface area contributed by atoms with Crippen molar-refractivity contribution in [2.24, 2.45) is 0 Å². The van der Waals surface area contributed by atoms with Crippen LogP contribution in [0.3, 0.4) is 0 Å². The van der Waals surface area contributed by atoms with Crippen LogP contribution in [0.25, 0.3) is 11.3 Å². The second-order valence-corrected chi connectivity index (χ2v) is 9.99. The summed E-state index contributed by atoms with van der Waals surface area (Å²) in [6.45, 7) is 4.02. The predicted molar refractivity (Wildman–Crippen MR) is 162 cm³/mol. The zero-order valence-corrected chi connectivity index (χ0v) is 23.0. The van der Waals surface area contributed by atoms with E-state index < -0.39 is 0 Å². The number of benzene rings is 2. The van der Waals surface area contributed by atoms with Crippen molar-refractivity contribution in [3.63, 3.8) is 0 Å². The van der Waals surface area contributed by atoms with Gasteiger partial charge < -0.3 is 26.2 Å². The second-order valence-electron chi connectivity index (χ2n) is 9.99. The molecule has 3 heterocycles. The van der Waals surface area contributed by atoms with Crippen LogP contribution >= 0.6 is 0 Å². The lowest BCUT2D eigenvalue weighted by Crippen LogP contribution is -2.37. The number of rotatable bonds is 10. The Balaban J connectivity index is 1.25. The van der Waals surface area contributed by atoms with Crippen molar-refractivity contribution in [3.05, 3.63) is 102 Å². The number of nitrogens with one attached hydrogen (secondary N) is 4. The number of para-hydroxylation sites is 1. The van der Waals surface area contributed by atoms with E-state index in [4.69, 9.17) is 4.98 Å². The summed E-state index contributed by atoms with van der Waals surface area (Å²) >= 11 is 0. The first-order valence-corrected chi connectivity index (χ1v) is 14.0. The summed E-state index contributed by atoms with van der Waals surface area (Å²) in [4.78, 5) is 36.8. The molecule has 0 spiro atoms. The Labute approximate surface area is 240 Å². The molecule has 9 heteroatoms. The lowest BCUT2D eigenvalue weighted by atomic mass is 10.1. The molecule has 1 aliphatic heterocycles. The van der Waals surface area contributed by atoms with Crippen LogP contribution in [-0.4, -0.2) is 53.0 Å². The number of pyridine rings is 2. The monoisotopic (exact) mass is 549 g/mol. The number of hydrogen-bond donors (Lipinski definition) is 4. The van der Waals surface area contributed by atoms with E-state index in [1.807, 2.05) is 78.9 Å². The number of anilines is 3. The zero-order chi connectivity index (χ0) is 28.3. The first-order chi connectivity index (χ1) is 20.1. The van der Waals surface area contributed by atoms with E-state index in [-0.39, 0.29) is 11.9 Å². The largest absolute Gasteiger partial charge is 0.351 e. The molecule has 0 atom stereocenters. The lowest BCUT2D eigenvalue weighted by Gasteiger charge is -2.26. The number of carbonyl (C=O) groups excluding carboxylic acids is 2. The fraction of sp³-hybridized carbons (Fsp3) is 0.250. The minimum Gasteiger partial charge on any atom is -0.351 e. The van der Waals surface area contributed by atoms with Crippen LogP contribution in [0.15, 0.2) is 91.3 Å². The van der Waals surface area contributed by atoms with Crippen molar-refractivity contribution >= 4 is 29.1 Å². The van der Waals surface area contributed by atoms with Crippen LogP contribution in [0, 0.1) is 0 Å². The van der Waals surface area contributed by atoms with Crippen LogP contribution in [0.2, 0.25) is 0 Å². The normalized spacial score (nSPS) is 13.3. The van der Waals surface area contributed by atoms with Crippen molar-refractivity contribution in [2.45, 2.75) is 25.8 Å². The molecule has 5 rings (SSSR count). The van der Waals surface area contributed by atoms with E-state index in [2.05, 4.69) is 31.2 Å². The molecular formula is C32H35N7O2. The van der Waals surface area contributed by atoms with Gasteiger partial charge in [-0.2, -0.15) is 0 Å². The Bertz CT molecular complexity index is 1420. The van der Waals surface area contributed by atoms with Crippen LogP contribution < -0.4 is 21.3 Å². The van der Waals surface area contributed by atoms with Crippen LogP contribution in [0.5, 0.6) is 0 Å². The average Bonchev–Trinajstić information content (AvgIpc) is 3.02. The number of amides is 3. The van der Waals surface area contributed by atoms with Crippen LogP contribution in [0.4, 0.5) is 22.0 Å². The van der Waals surface area contributed by atoms with E-state index >= 15 is 0 Å². The maximum atomic E-state index is 13.2. The number of piperidine rings is 1. The Morgan fingerprint density at radius 3 is 2.37 bits per heavy atom. The smallest absolute Gasteiger partial charge is 0.319 e. The van der Waals surface area contributed by atoms with Crippen molar-refractivity contribution in [1.29, 1.82) is 0 Å². The van der Waals surface area contributed by atoms with E-state index in [0.717, 1.165) is 36.4 Å². The molecule has 41 heavy (non-hydrogen) atoms. The number of nitrogens with zero attached hydrogens (tertiary/aromatic N) is 3. The van der Waals surface area contributed by atoms with Gasteiger partial charge in [0.1, 0.15) is 5.82 Å². The van der Waals surface area contributed by atoms with E-state index in [1.165, 1.54) is 19.3 Å². The van der Waals surface area contributed by atoms with Gasteiger partial charge in [-0.1, -0.05) is 42.8 Å². The lowest BCUT2D eigenvalue weighted by molar-refractivity contribution is 0.0947. The third-order valence-corrected chi connectivity index (χ3v) is 6.95. The van der Waals surface area contributed by atoms with Gasteiger partial charge in [0.25, 0.3) is 5.91 Å². The molecule has 2 aromatic carbocycles. The molecule has 1 saturated heterocycles. The highest BCUT2D eigenvalue weighted by Crippen LogP contribution is 2.26. The molecule has 1 aliphatic rings. The third-order valence-electron chi connectivity index (χ3n) is 6.95. The number of urea groups is 1. The molecular weight excluding hydrogens is 514 g/mol. The molecule has 9 nitrogen and oxygen atoms in total. The van der Waals surface area contributed by atoms with Gasteiger partial charge >= 0.3 is 6.03 Å². The Morgan fingerprint density at radius 2 is 1.61 bits per heavy atom. The molecule has 0 unspecified atom stereocenters. The molecule has 0 saturated carbocycles. The van der Waals surface area contributed by atoms with Gasteiger partial charge in [0.05, 0.1) is 11.3 Å². The fourth-order valence-electron chi connectivity index (χ4n) is 4.75. The van der Waals surface area contributed by atoms with Gasteiger partial charge in [-0.25, -0.2) is 9.78 Å². The van der Waals surface area contributed by atoms with Crippen LogP contribution in [-0.2, 0) is 6.54 Å². The maximum Gasteiger partial charge on any atom is 0.319 e. The van der Waals surface area contributed by atoms with Crippen molar-refractivity contribution in [3.8, 4) is 11.3 Å². The topological polar surface area (TPSA) is 111 Å². The maximum absolute atomic E-state index is 13.2. The van der Waals surface area contributed by atoms with E-state index in [9.17, 15) is 9.59 Å². The van der Waals surface area contributed by atoms with Gasteiger partial charge in [0.2, 0.25) is 0 Å². The summed E-state index contributed by atoms with van der Waals surface area (Å²) in [5, 5.41) is 12.0. The SMILES string of the molecule is O=C(NCc1cccnc1)Nc1ccc(-c2ccc(C(=O)NCCN3CCCCC3)c(Nc3ccccc3)n2)cc1. The molecule has 0 bridgehead atoms. The summed E-state index contributed by atoms with van der Waals surface area (Å²) in [5.74, 6) is 0.331. The number of carbonyl (C=O) groups is 2. The second kappa shape index (κ2) is 14.0. The number of hydrogen-bond acceptors (Lipinski definition) is 6. The number of likely N-dealkylation sites (tertiary alicyclic amines) is 1. The quantitative estimate of drug-likeness (QED) is 0.210. The summed E-state index contributed by atoms with van der Waals surface area (Å²) in [6.07, 6.45) is 7.15. The first-order valence-electron chi connectivity index (χ1n) is 14.0. The highest BCUT2D eigenvalue weighted by molar-refractivity contribution is 6.00. The van der Waals surface area contributed by atoms with Crippen molar-refractivity contribution in [2.75, 3.05) is 36.8 Å². The summed E-state index contributed by atoms with van der Waals surface area (Å²) in [7, 11) is 0. The highest BCUT2D eigenvalue weighted by Gasteiger charge is 2.16. The first kappa shape index (κ1) is 27.8. The van der Waals surface area contributed by atoms with E-state index in [1.54, 1.807) is 12.4 Å². The van der Waals surface area contributed by atoms with Crippen LogP contribution in [0.1, 0.15) is 35.2 Å². The third kappa shape index (κ3) is 8.12. The molecule has 1 fully saturated rings. The molecule has 0 aliphatic carbocycles. The average molecular weight is 550 g/mol. The highest BCUT2D eigenvalue weighted by atomic mass is 16.2. The molecule has 210 valence electrons. The molecule has 4 N–H and O–H groups in total. The van der Waals surface area contributed by atoms with Gasteiger partial charge in [0.15, 0.2) is 0 Å². The van der Waals surface area contributed by atoms with Crippen molar-refractivity contribution < 1.29 is 9.59 Å². The van der Waals surface area contributed by atoms with Gasteiger partial charge in [-0.3, -0.25) is 9.78 Å². The van der Waals surface area contributed by atoms with E-state index in [0.29, 0.717) is 35.9 Å². The predicted octanol–water partition coefficient (Wildman–Crippen LogP) is 5.42.